The summed E-state index contributed by atoms with van der Waals surface area (Å²) in [4.78, 5) is 11.4. The summed E-state index contributed by atoms with van der Waals surface area (Å²) in [5.41, 5.74) is 10.8. The lowest BCUT2D eigenvalue weighted by atomic mass is 9.93. The van der Waals surface area contributed by atoms with E-state index in [4.69, 9.17) is 23.7 Å². The maximum Gasteiger partial charge on any atom is 0.240 e. The van der Waals surface area contributed by atoms with Crippen LogP contribution < -0.4 is 16.2 Å². The van der Waals surface area contributed by atoms with Gasteiger partial charge in [-0.05, 0) is 32.4 Å². The van der Waals surface area contributed by atoms with Crippen molar-refractivity contribution < 1.29 is 13.2 Å². The molecule has 21 heavy (non-hydrogen) atoms. The summed E-state index contributed by atoms with van der Waals surface area (Å²) in [5, 5.41) is 0. The molecule has 8 heteroatoms. The van der Waals surface area contributed by atoms with Crippen molar-refractivity contribution in [3.8, 4) is 0 Å². The van der Waals surface area contributed by atoms with E-state index in [0.717, 1.165) is 0 Å². The van der Waals surface area contributed by atoms with Crippen LogP contribution in [0.2, 0.25) is 0 Å². The van der Waals surface area contributed by atoms with Crippen LogP contribution in [0.5, 0.6) is 0 Å². The number of amides is 1. The monoisotopic (exact) mass is 329 g/mol. The first-order chi connectivity index (χ1) is 9.47. The van der Waals surface area contributed by atoms with Crippen molar-refractivity contribution in [1.29, 1.82) is 0 Å². The number of aryl methyl sites for hydroxylation is 1. The Kier molecular flexibility index (Phi) is 5.08. The van der Waals surface area contributed by atoms with Crippen LogP contribution >= 0.6 is 12.2 Å². The molecule has 0 saturated heterocycles. The molecule has 0 aromatic heterocycles. The van der Waals surface area contributed by atoms with E-state index in [0.29, 0.717) is 11.1 Å². The van der Waals surface area contributed by atoms with Crippen LogP contribution in [0.15, 0.2) is 23.1 Å². The molecule has 0 heterocycles. The maximum atomic E-state index is 12.3. The third-order valence-corrected chi connectivity index (χ3v) is 4.91. The van der Waals surface area contributed by atoms with Gasteiger partial charge >= 0.3 is 0 Å². The Balaban J connectivity index is 3.11. The fourth-order valence-corrected chi connectivity index (χ4v) is 3.09. The lowest BCUT2D eigenvalue weighted by Crippen LogP contribution is -2.42. The van der Waals surface area contributed by atoms with Gasteiger partial charge in [-0.15, -0.1) is 0 Å². The van der Waals surface area contributed by atoms with Crippen LogP contribution in [0.1, 0.15) is 25.0 Å². The molecule has 0 aliphatic rings. The number of thiocarbonyl (C=S) groups is 1. The Bertz CT molecular complexity index is 682. The molecule has 5 N–H and O–H groups in total. The summed E-state index contributed by atoms with van der Waals surface area (Å²) in [6, 6.07) is 4.70. The molecule has 0 aliphatic carbocycles. The second-order valence-electron chi connectivity index (χ2n) is 5.42. The SMILES string of the molecule is Cc1ccc(C(N)=S)cc1S(=O)(=O)NCC(C)(C)C(N)=O. The van der Waals surface area contributed by atoms with Crippen molar-refractivity contribution in [2.45, 2.75) is 25.7 Å². The molecule has 0 aliphatic heterocycles. The third kappa shape index (κ3) is 4.23. The number of hydrogen-bond acceptors (Lipinski definition) is 4. The second kappa shape index (κ2) is 6.08. The molecule has 0 saturated carbocycles. The van der Waals surface area contributed by atoms with Crippen LogP contribution in [0.25, 0.3) is 0 Å². The fraction of sp³-hybridized carbons (Fsp3) is 0.385. The van der Waals surface area contributed by atoms with Crippen LogP contribution in [-0.4, -0.2) is 25.9 Å². The highest BCUT2D eigenvalue weighted by atomic mass is 32.2. The fourth-order valence-electron chi connectivity index (χ4n) is 1.48. The first kappa shape index (κ1) is 17.5. The minimum atomic E-state index is -3.79. The average Bonchev–Trinajstić information content (AvgIpc) is 2.36. The van der Waals surface area contributed by atoms with Gasteiger partial charge in [-0.25, -0.2) is 13.1 Å². The van der Waals surface area contributed by atoms with Crippen LogP contribution in [0.3, 0.4) is 0 Å². The van der Waals surface area contributed by atoms with E-state index in [1.807, 2.05) is 0 Å². The Morgan fingerprint density at radius 1 is 1.33 bits per heavy atom. The predicted molar refractivity (Wildman–Crippen MR) is 85.2 cm³/mol. The number of benzene rings is 1. The van der Waals surface area contributed by atoms with E-state index < -0.39 is 21.3 Å². The topological polar surface area (TPSA) is 115 Å². The molecule has 1 aromatic rings. The Morgan fingerprint density at radius 3 is 2.38 bits per heavy atom. The van der Waals surface area contributed by atoms with E-state index in [1.165, 1.54) is 6.07 Å². The average molecular weight is 329 g/mol. The predicted octanol–water partition coefficient (Wildman–Crippen LogP) is 0.419. The molecular formula is C13H19N3O3S2. The molecule has 0 unspecified atom stereocenters. The van der Waals surface area contributed by atoms with Crippen LogP contribution in [0.4, 0.5) is 0 Å². The molecule has 116 valence electrons. The minimum Gasteiger partial charge on any atom is -0.389 e. The number of hydrogen-bond donors (Lipinski definition) is 3. The summed E-state index contributed by atoms with van der Waals surface area (Å²) >= 11 is 4.85. The minimum absolute atomic E-state index is 0.0769. The number of carbonyl (C=O) groups excluding carboxylic acids is 1. The van der Waals surface area contributed by atoms with Gasteiger partial charge in [-0.3, -0.25) is 4.79 Å². The van der Waals surface area contributed by atoms with Gasteiger partial charge in [0.25, 0.3) is 0 Å². The zero-order valence-corrected chi connectivity index (χ0v) is 13.8. The van der Waals surface area contributed by atoms with Gasteiger partial charge in [-0.1, -0.05) is 24.4 Å². The molecule has 1 amide bonds. The van der Waals surface area contributed by atoms with Crippen molar-refractivity contribution in [1.82, 2.24) is 4.72 Å². The van der Waals surface area contributed by atoms with Gasteiger partial charge in [-0.2, -0.15) is 0 Å². The van der Waals surface area contributed by atoms with Gasteiger partial charge < -0.3 is 11.5 Å². The van der Waals surface area contributed by atoms with E-state index >= 15 is 0 Å². The van der Waals surface area contributed by atoms with Gasteiger partial charge in [0.05, 0.1) is 10.3 Å². The van der Waals surface area contributed by atoms with Crippen molar-refractivity contribution >= 4 is 33.1 Å². The first-order valence-corrected chi connectivity index (χ1v) is 8.06. The Morgan fingerprint density at radius 2 is 1.90 bits per heavy atom. The molecule has 0 bridgehead atoms. The maximum absolute atomic E-state index is 12.3. The summed E-state index contributed by atoms with van der Waals surface area (Å²) < 4.78 is 27.1. The van der Waals surface area contributed by atoms with Crippen molar-refractivity contribution in [2.75, 3.05) is 6.54 Å². The van der Waals surface area contributed by atoms with Crippen molar-refractivity contribution in [3.63, 3.8) is 0 Å². The van der Waals surface area contributed by atoms with E-state index in [-0.39, 0.29) is 16.4 Å². The number of carbonyl (C=O) groups is 1. The third-order valence-electron chi connectivity index (χ3n) is 3.13. The lowest BCUT2D eigenvalue weighted by molar-refractivity contribution is -0.125. The normalized spacial score (nSPS) is 12.1. The highest BCUT2D eigenvalue weighted by molar-refractivity contribution is 7.89. The lowest BCUT2D eigenvalue weighted by Gasteiger charge is -2.21. The molecule has 0 atom stereocenters. The van der Waals surface area contributed by atoms with Crippen molar-refractivity contribution in [3.05, 3.63) is 29.3 Å². The smallest absolute Gasteiger partial charge is 0.240 e. The molecule has 0 spiro atoms. The number of sulfonamides is 1. The quantitative estimate of drug-likeness (QED) is 0.654. The van der Waals surface area contributed by atoms with E-state index in [2.05, 4.69) is 4.72 Å². The van der Waals surface area contributed by atoms with E-state index in [1.54, 1.807) is 32.9 Å². The highest BCUT2D eigenvalue weighted by Crippen LogP contribution is 2.19. The largest absolute Gasteiger partial charge is 0.389 e. The van der Waals surface area contributed by atoms with Gasteiger partial charge in [0.2, 0.25) is 15.9 Å². The summed E-state index contributed by atoms with van der Waals surface area (Å²) in [6.07, 6.45) is 0. The summed E-state index contributed by atoms with van der Waals surface area (Å²) in [5.74, 6) is -0.584. The Hall–Kier alpha value is -1.51. The standard InChI is InChI=1S/C13H19N3O3S2/c1-8-4-5-9(11(14)20)6-10(8)21(18,19)16-7-13(2,3)12(15)17/h4-6,16H,7H2,1-3H3,(H2,14,20)(H2,15,17). The summed E-state index contributed by atoms with van der Waals surface area (Å²) in [7, 11) is -3.79. The summed E-state index contributed by atoms with van der Waals surface area (Å²) in [6.45, 7) is 4.70. The molecule has 1 rings (SSSR count). The van der Waals surface area contributed by atoms with Crippen molar-refractivity contribution in [2.24, 2.45) is 16.9 Å². The van der Waals surface area contributed by atoms with Gasteiger partial charge in [0.1, 0.15) is 4.99 Å². The van der Waals surface area contributed by atoms with Crippen LogP contribution in [0, 0.1) is 12.3 Å². The van der Waals surface area contributed by atoms with Gasteiger partial charge in [0.15, 0.2) is 0 Å². The molecule has 1 aromatic carbocycles. The van der Waals surface area contributed by atoms with Crippen LogP contribution in [-0.2, 0) is 14.8 Å². The van der Waals surface area contributed by atoms with Gasteiger partial charge in [0, 0.05) is 12.1 Å². The second-order valence-corrected chi connectivity index (χ2v) is 7.59. The number of nitrogens with two attached hydrogens (primary N) is 2. The molecule has 0 fully saturated rings. The molecule has 6 nitrogen and oxygen atoms in total. The Labute approximate surface area is 129 Å². The first-order valence-electron chi connectivity index (χ1n) is 6.17. The zero-order chi connectivity index (χ0) is 16.4. The molecule has 0 radical (unpaired) electrons. The highest BCUT2D eigenvalue weighted by Gasteiger charge is 2.28. The van der Waals surface area contributed by atoms with E-state index in [9.17, 15) is 13.2 Å². The molecular weight excluding hydrogens is 310 g/mol. The zero-order valence-electron chi connectivity index (χ0n) is 12.1. The number of nitrogens with one attached hydrogen (secondary N) is 1. The number of rotatable bonds is 6. The number of primary amides is 1.